The molecule has 1 aromatic carbocycles. The van der Waals surface area contributed by atoms with Crippen molar-refractivity contribution in [1.29, 1.82) is 0 Å². The maximum atomic E-state index is 12.5. The first-order chi connectivity index (χ1) is 12.0. The summed E-state index contributed by atoms with van der Waals surface area (Å²) in [6, 6.07) is 7.78. The summed E-state index contributed by atoms with van der Waals surface area (Å²) in [4.78, 5) is 43.9. The number of rotatable bonds is 9. The van der Waals surface area contributed by atoms with Gasteiger partial charge in [-0.25, -0.2) is 9.68 Å². The molecule has 0 N–H and O–H groups in total. The third-order valence-corrected chi connectivity index (χ3v) is 3.84. The van der Waals surface area contributed by atoms with Crippen molar-refractivity contribution in [2.24, 2.45) is 0 Å². The molecule has 134 valence electrons. The lowest BCUT2D eigenvalue weighted by atomic mass is 10.1. The summed E-state index contributed by atoms with van der Waals surface area (Å²) in [6.45, 7) is 0.926. The summed E-state index contributed by atoms with van der Waals surface area (Å²) in [5.74, 6) is -0.764. The Morgan fingerprint density at radius 2 is 1.96 bits per heavy atom. The molecule has 0 unspecified atom stereocenters. The number of hydrogen-bond acceptors (Lipinski definition) is 6. The minimum atomic E-state index is -0.677. The third kappa shape index (κ3) is 5.15. The largest absolute Gasteiger partial charge is 0.355 e. The topological polar surface area (TPSA) is 77.8 Å². The summed E-state index contributed by atoms with van der Waals surface area (Å²) in [5.41, 5.74) is 1.99. The molecule has 0 bridgehead atoms. The molecule has 0 radical (unpaired) electrons. The Balaban J connectivity index is 2.05. The van der Waals surface area contributed by atoms with E-state index in [0.717, 1.165) is 29.4 Å². The lowest BCUT2D eigenvalue weighted by Gasteiger charge is -2.07. The van der Waals surface area contributed by atoms with Crippen LogP contribution in [-0.4, -0.2) is 48.5 Å². The number of nitrogens with zero attached hydrogens (tertiary/aromatic N) is 2. The van der Waals surface area contributed by atoms with E-state index in [9.17, 15) is 14.4 Å². The molecule has 1 aromatic heterocycles. The molecule has 2 rings (SSSR count). The van der Waals surface area contributed by atoms with E-state index in [4.69, 9.17) is 0 Å². The van der Waals surface area contributed by atoms with Gasteiger partial charge in [0.25, 0.3) is 0 Å². The zero-order valence-corrected chi connectivity index (χ0v) is 14.4. The second-order valence-corrected chi connectivity index (χ2v) is 5.99. The van der Waals surface area contributed by atoms with E-state index >= 15 is 0 Å². The zero-order valence-electron chi connectivity index (χ0n) is 14.4. The second-order valence-electron chi connectivity index (χ2n) is 5.99. The minimum absolute atomic E-state index is 0.00622. The van der Waals surface area contributed by atoms with E-state index in [2.05, 4.69) is 14.7 Å². The van der Waals surface area contributed by atoms with Crippen molar-refractivity contribution in [3.05, 3.63) is 36.0 Å². The smallest absolute Gasteiger partial charge is 0.309 e. The number of likely N-dealkylation sites (N-methyl/N-ethyl adjacent to an activating group) is 1. The molecule has 0 atom stereocenters. The Bertz CT molecular complexity index is 751. The molecule has 7 heteroatoms. The van der Waals surface area contributed by atoms with Gasteiger partial charge >= 0.3 is 12.4 Å². The highest BCUT2D eigenvalue weighted by Gasteiger charge is 2.14. The molecule has 25 heavy (non-hydrogen) atoms. The van der Waals surface area contributed by atoms with Crippen molar-refractivity contribution < 1.29 is 24.2 Å². The molecule has 0 fully saturated rings. The van der Waals surface area contributed by atoms with Crippen LogP contribution < -0.4 is 0 Å². The standard InChI is InChI=1S/C18H22N2O5/c1-19(2)11-10-14-12-20(16-7-4-3-6-15(14)16)17(22)8-5-9-18(23)25-24-13-21/h3-4,6-7,12-13H,5,8-11H2,1-2H3. The van der Waals surface area contributed by atoms with Gasteiger partial charge in [-0.3, -0.25) is 19.0 Å². The van der Waals surface area contributed by atoms with E-state index in [1.165, 1.54) is 0 Å². The molecule has 7 nitrogen and oxygen atoms in total. The zero-order chi connectivity index (χ0) is 18.2. The van der Waals surface area contributed by atoms with Crippen LogP contribution in [0.4, 0.5) is 0 Å². The lowest BCUT2D eigenvalue weighted by Crippen LogP contribution is -2.15. The van der Waals surface area contributed by atoms with Crippen LogP contribution in [0.3, 0.4) is 0 Å². The highest BCUT2D eigenvalue weighted by atomic mass is 17.2. The summed E-state index contributed by atoms with van der Waals surface area (Å²) in [7, 11) is 4.02. The summed E-state index contributed by atoms with van der Waals surface area (Å²) < 4.78 is 1.65. The van der Waals surface area contributed by atoms with Gasteiger partial charge in [0.15, 0.2) is 0 Å². The fourth-order valence-corrected chi connectivity index (χ4v) is 2.62. The van der Waals surface area contributed by atoms with E-state index in [1.807, 2.05) is 44.6 Å². The van der Waals surface area contributed by atoms with Gasteiger partial charge in [-0.1, -0.05) is 18.2 Å². The van der Waals surface area contributed by atoms with Crippen LogP contribution in [-0.2, 0) is 25.8 Å². The first-order valence-electron chi connectivity index (χ1n) is 8.09. The van der Waals surface area contributed by atoms with Crippen LogP contribution >= 0.6 is 0 Å². The Morgan fingerprint density at radius 3 is 2.68 bits per heavy atom. The summed E-state index contributed by atoms with van der Waals surface area (Å²) in [6.07, 6.45) is 3.25. The molecule has 0 aliphatic carbocycles. The average molecular weight is 346 g/mol. The fraction of sp³-hybridized carbons (Fsp3) is 0.389. The van der Waals surface area contributed by atoms with E-state index < -0.39 is 5.97 Å². The summed E-state index contributed by atoms with van der Waals surface area (Å²) in [5, 5.41) is 1.07. The first-order valence-corrected chi connectivity index (χ1v) is 8.09. The second kappa shape index (κ2) is 8.98. The maximum absolute atomic E-state index is 12.5. The van der Waals surface area contributed by atoms with E-state index in [1.54, 1.807) is 4.57 Å². The molecule has 2 aromatic rings. The molecule has 1 heterocycles. The molecule has 0 saturated heterocycles. The third-order valence-electron chi connectivity index (χ3n) is 3.84. The van der Waals surface area contributed by atoms with Gasteiger partial charge in [0.1, 0.15) is 0 Å². The van der Waals surface area contributed by atoms with Crippen LogP contribution in [0.2, 0.25) is 0 Å². The Hall–Kier alpha value is -2.67. The van der Waals surface area contributed by atoms with Gasteiger partial charge in [0, 0.05) is 24.5 Å². The first kappa shape index (κ1) is 18.7. The van der Waals surface area contributed by atoms with Crippen LogP contribution in [0.1, 0.15) is 29.6 Å². The van der Waals surface area contributed by atoms with Gasteiger partial charge in [-0.2, -0.15) is 0 Å². The summed E-state index contributed by atoms with van der Waals surface area (Å²) >= 11 is 0. The quantitative estimate of drug-likeness (QED) is 0.393. The number of aromatic nitrogens is 1. The molecule has 0 spiro atoms. The van der Waals surface area contributed by atoms with Crippen LogP contribution in [0, 0.1) is 0 Å². The van der Waals surface area contributed by atoms with Gasteiger partial charge in [-0.05, 0) is 38.6 Å². The number of hydrogen-bond donors (Lipinski definition) is 0. The van der Waals surface area contributed by atoms with Gasteiger partial charge in [0.05, 0.1) is 11.9 Å². The number of para-hydroxylation sites is 1. The number of benzene rings is 1. The molecule has 0 amide bonds. The van der Waals surface area contributed by atoms with Crippen molar-refractivity contribution in [3.8, 4) is 0 Å². The van der Waals surface area contributed by atoms with Crippen molar-refractivity contribution in [2.75, 3.05) is 20.6 Å². The van der Waals surface area contributed by atoms with Crippen LogP contribution in [0.15, 0.2) is 30.5 Å². The van der Waals surface area contributed by atoms with E-state index in [-0.39, 0.29) is 25.2 Å². The number of carbonyl (C=O) groups is 3. The fourth-order valence-electron chi connectivity index (χ4n) is 2.62. The monoisotopic (exact) mass is 346 g/mol. The van der Waals surface area contributed by atoms with E-state index in [0.29, 0.717) is 6.42 Å². The van der Waals surface area contributed by atoms with Crippen molar-refractivity contribution >= 4 is 29.3 Å². The molecule has 0 saturated carbocycles. The normalized spacial score (nSPS) is 10.8. The molecule has 0 aliphatic heterocycles. The minimum Gasteiger partial charge on any atom is -0.309 e. The number of carbonyl (C=O) groups excluding carboxylic acids is 3. The molecular formula is C18H22N2O5. The Labute approximate surface area is 146 Å². The highest BCUT2D eigenvalue weighted by Crippen LogP contribution is 2.22. The molecule has 0 aliphatic rings. The SMILES string of the molecule is CN(C)CCc1cn(C(=O)CCCC(=O)OOC=O)c2ccccc12. The van der Waals surface area contributed by atoms with Crippen molar-refractivity contribution in [3.63, 3.8) is 0 Å². The predicted octanol–water partition coefficient (Wildman–Crippen LogP) is 2.19. The van der Waals surface area contributed by atoms with Gasteiger partial charge < -0.3 is 4.90 Å². The van der Waals surface area contributed by atoms with Crippen LogP contribution in [0.5, 0.6) is 0 Å². The highest BCUT2D eigenvalue weighted by molar-refractivity contribution is 5.94. The Morgan fingerprint density at radius 1 is 1.20 bits per heavy atom. The van der Waals surface area contributed by atoms with Gasteiger partial charge in [0.2, 0.25) is 5.91 Å². The maximum Gasteiger partial charge on any atom is 0.355 e. The van der Waals surface area contributed by atoms with Crippen LogP contribution in [0.25, 0.3) is 10.9 Å². The number of fused-ring (bicyclic) bond motifs is 1. The van der Waals surface area contributed by atoms with Crippen molar-refractivity contribution in [1.82, 2.24) is 9.47 Å². The van der Waals surface area contributed by atoms with Gasteiger partial charge in [-0.15, -0.1) is 0 Å². The van der Waals surface area contributed by atoms with Crippen molar-refractivity contribution in [2.45, 2.75) is 25.7 Å². The predicted molar refractivity (Wildman–Crippen MR) is 91.9 cm³/mol. The Kier molecular flexibility index (Phi) is 6.71. The lowest BCUT2D eigenvalue weighted by molar-refractivity contribution is -0.248. The average Bonchev–Trinajstić information content (AvgIpc) is 2.97. The molecular weight excluding hydrogens is 324 g/mol.